The number of nitrogens with zero attached hydrogens (tertiary/aromatic N) is 2. The first-order valence-electron chi connectivity index (χ1n) is 11.1. The van der Waals surface area contributed by atoms with Gasteiger partial charge < -0.3 is 10.2 Å². The molecule has 0 radical (unpaired) electrons. The van der Waals surface area contributed by atoms with E-state index in [-0.39, 0.29) is 5.91 Å². The highest BCUT2D eigenvalue weighted by atomic mass is 16.1. The van der Waals surface area contributed by atoms with Crippen LogP contribution in [0.15, 0.2) is 78.5 Å². The van der Waals surface area contributed by atoms with Gasteiger partial charge in [-0.1, -0.05) is 43.3 Å². The van der Waals surface area contributed by atoms with Crippen molar-refractivity contribution >= 4 is 17.7 Å². The highest BCUT2D eigenvalue weighted by Crippen LogP contribution is 2.27. The molecule has 0 aromatic heterocycles. The Kier molecular flexibility index (Phi) is 6.67. The first kappa shape index (κ1) is 21.4. The molecule has 0 bridgehead atoms. The topological polar surface area (TPSA) is 56.1 Å². The Morgan fingerprint density at radius 3 is 2.59 bits per heavy atom. The minimum absolute atomic E-state index is 0.173. The van der Waals surface area contributed by atoms with E-state index in [1.54, 1.807) is 24.3 Å². The fourth-order valence-electron chi connectivity index (χ4n) is 4.10. The van der Waals surface area contributed by atoms with Crippen LogP contribution in [0.25, 0.3) is 6.08 Å². The van der Waals surface area contributed by atoms with E-state index in [2.05, 4.69) is 59.6 Å². The lowest BCUT2D eigenvalue weighted by Crippen LogP contribution is -2.26. The maximum Gasteiger partial charge on any atom is 0.255 e. The molecule has 32 heavy (non-hydrogen) atoms. The number of rotatable bonds is 8. The molecule has 0 aliphatic heterocycles. The number of hydrogen-bond donors (Lipinski definition) is 1. The molecule has 4 heteroatoms. The predicted molar refractivity (Wildman–Crippen MR) is 129 cm³/mol. The van der Waals surface area contributed by atoms with Gasteiger partial charge in [0.05, 0.1) is 11.6 Å². The number of anilines is 1. The lowest BCUT2D eigenvalue weighted by molar-refractivity contribution is 0.102. The summed E-state index contributed by atoms with van der Waals surface area (Å²) in [7, 11) is 0. The Bertz CT molecular complexity index is 1170. The molecular weight excluding hydrogens is 394 g/mol. The van der Waals surface area contributed by atoms with Crippen LogP contribution in [-0.4, -0.2) is 23.9 Å². The van der Waals surface area contributed by atoms with Crippen molar-refractivity contribution < 1.29 is 4.79 Å². The van der Waals surface area contributed by atoms with Crippen molar-refractivity contribution in [2.24, 2.45) is 0 Å². The van der Waals surface area contributed by atoms with Crippen molar-refractivity contribution in [3.8, 4) is 6.07 Å². The lowest BCUT2D eigenvalue weighted by Gasteiger charge is -2.26. The average molecular weight is 422 g/mol. The van der Waals surface area contributed by atoms with Gasteiger partial charge in [-0.2, -0.15) is 5.26 Å². The number of nitrogens with one attached hydrogen (secondary N) is 1. The molecule has 0 heterocycles. The fraction of sp³-hybridized carbons (Fsp3) is 0.214. The molecule has 3 aromatic carbocycles. The van der Waals surface area contributed by atoms with Gasteiger partial charge in [-0.05, 0) is 72.0 Å². The van der Waals surface area contributed by atoms with Crippen LogP contribution < -0.4 is 5.32 Å². The van der Waals surface area contributed by atoms with Gasteiger partial charge in [0, 0.05) is 36.5 Å². The van der Waals surface area contributed by atoms with Crippen LogP contribution in [0.2, 0.25) is 0 Å². The number of fused-ring (bicyclic) bond motifs is 1. The number of amides is 1. The number of nitriles is 1. The summed E-state index contributed by atoms with van der Waals surface area (Å²) in [5.41, 5.74) is 7.17. The Hall–Kier alpha value is -3.84. The van der Waals surface area contributed by atoms with E-state index < -0.39 is 0 Å². The Morgan fingerprint density at radius 2 is 1.84 bits per heavy atom. The Balaban J connectivity index is 1.39. The summed E-state index contributed by atoms with van der Waals surface area (Å²) >= 11 is 0. The fourth-order valence-corrected chi connectivity index (χ4v) is 4.10. The molecule has 0 atom stereocenters. The molecule has 0 saturated carbocycles. The first-order valence-corrected chi connectivity index (χ1v) is 11.1. The van der Waals surface area contributed by atoms with E-state index in [0.29, 0.717) is 11.1 Å². The number of hydrogen-bond acceptors (Lipinski definition) is 3. The van der Waals surface area contributed by atoms with Crippen molar-refractivity contribution in [3.63, 3.8) is 0 Å². The molecule has 4 nitrogen and oxygen atoms in total. The molecule has 1 N–H and O–H groups in total. The van der Waals surface area contributed by atoms with Crippen LogP contribution >= 0.6 is 0 Å². The maximum absolute atomic E-state index is 12.5. The monoisotopic (exact) mass is 421 g/mol. The Morgan fingerprint density at radius 1 is 1.03 bits per heavy atom. The minimum Gasteiger partial charge on any atom is -0.374 e. The maximum atomic E-state index is 12.5. The van der Waals surface area contributed by atoms with Crippen molar-refractivity contribution in [1.29, 1.82) is 5.26 Å². The lowest BCUT2D eigenvalue weighted by atomic mass is 10.1. The van der Waals surface area contributed by atoms with Gasteiger partial charge in [0.25, 0.3) is 5.91 Å². The number of benzene rings is 3. The van der Waals surface area contributed by atoms with Gasteiger partial charge in [0.15, 0.2) is 0 Å². The SMILES string of the molecule is CCCN(CCc1cccc(NC(=O)c2ccc(C#N)cc2)c1)C1=Cc2ccccc2C1. The molecule has 0 spiro atoms. The third-order valence-electron chi connectivity index (χ3n) is 5.78. The largest absolute Gasteiger partial charge is 0.374 e. The summed E-state index contributed by atoms with van der Waals surface area (Å²) in [6.45, 7) is 4.20. The number of carbonyl (C=O) groups is 1. The quantitative estimate of drug-likeness (QED) is 0.510. The average Bonchev–Trinajstić information content (AvgIpc) is 3.26. The third kappa shape index (κ3) is 5.07. The van der Waals surface area contributed by atoms with Crippen LogP contribution in [-0.2, 0) is 12.8 Å². The zero-order chi connectivity index (χ0) is 22.3. The van der Waals surface area contributed by atoms with Crippen LogP contribution in [0.5, 0.6) is 0 Å². The minimum atomic E-state index is -0.173. The second-order valence-corrected chi connectivity index (χ2v) is 8.09. The van der Waals surface area contributed by atoms with Gasteiger partial charge in [-0.15, -0.1) is 0 Å². The normalized spacial score (nSPS) is 11.9. The summed E-state index contributed by atoms with van der Waals surface area (Å²) in [4.78, 5) is 15.0. The highest BCUT2D eigenvalue weighted by Gasteiger charge is 2.17. The van der Waals surface area contributed by atoms with Crippen LogP contribution in [0.4, 0.5) is 5.69 Å². The second kappa shape index (κ2) is 9.98. The van der Waals surface area contributed by atoms with Gasteiger partial charge in [-0.3, -0.25) is 4.79 Å². The first-order chi connectivity index (χ1) is 15.7. The van der Waals surface area contributed by atoms with E-state index in [1.807, 2.05) is 18.2 Å². The summed E-state index contributed by atoms with van der Waals surface area (Å²) in [5, 5.41) is 11.9. The zero-order valence-corrected chi connectivity index (χ0v) is 18.3. The van der Waals surface area contributed by atoms with Crippen molar-refractivity contribution in [2.75, 3.05) is 18.4 Å². The summed E-state index contributed by atoms with van der Waals surface area (Å²) < 4.78 is 0. The molecule has 4 rings (SSSR count). The second-order valence-electron chi connectivity index (χ2n) is 8.09. The molecule has 160 valence electrons. The predicted octanol–water partition coefficient (Wildman–Crippen LogP) is 5.66. The highest BCUT2D eigenvalue weighted by molar-refractivity contribution is 6.04. The molecule has 3 aromatic rings. The van der Waals surface area contributed by atoms with E-state index in [9.17, 15) is 4.79 Å². The molecular formula is C28H27N3O. The summed E-state index contributed by atoms with van der Waals surface area (Å²) in [6, 6.07) is 25.4. The summed E-state index contributed by atoms with van der Waals surface area (Å²) in [6.07, 6.45) is 5.33. The van der Waals surface area contributed by atoms with E-state index in [1.165, 1.54) is 22.4 Å². The molecule has 1 aliphatic rings. The molecule has 1 aliphatic carbocycles. The summed E-state index contributed by atoms with van der Waals surface area (Å²) in [5.74, 6) is -0.173. The molecule has 0 fully saturated rings. The number of carbonyl (C=O) groups excluding carboxylic acids is 1. The van der Waals surface area contributed by atoms with E-state index >= 15 is 0 Å². The van der Waals surface area contributed by atoms with Crippen LogP contribution in [0, 0.1) is 11.3 Å². The van der Waals surface area contributed by atoms with Gasteiger partial charge >= 0.3 is 0 Å². The van der Waals surface area contributed by atoms with Gasteiger partial charge in [-0.25, -0.2) is 0 Å². The van der Waals surface area contributed by atoms with Gasteiger partial charge in [0.1, 0.15) is 0 Å². The van der Waals surface area contributed by atoms with E-state index in [4.69, 9.17) is 5.26 Å². The van der Waals surface area contributed by atoms with Crippen molar-refractivity contribution in [3.05, 3.63) is 106 Å². The third-order valence-corrected chi connectivity index (χ3v) is 5.78. The van der Waals surface area contributed by atoms with Crippen molar-refractivity contribution in [1.82, 2.24) is 4.90 Å². The zero-order valence-electron chi connectivity index (χ0n) is 18.3. The number of allylic oxidation sites excluding steroid dienone is 1. The van der Waals surface area contributed by atoms with Crippen molar-refractivity contribution in [2.45, 2.75) is 26.2 Å². The Labute approximate surface area is 189 Å². The molecule has 1 amide bonds. The standard InChI is InChI=1S/C28H27N3O/c1-2-15-31(27-18-24-7-3-4-8-25(24)19-27)16-14-21-6-5-9-26(17-21)30-28(32)23-12-10-22(20-29)11-13-23/h3-13,17-18H,2,14-16,19H2,1H3,(H,30,32). The molecule has 0 saturated heterocycles. The van der Waals surface area contributed by atoms with Crippen LogP contribution in [0.1, 0.15) is 46.0 Å². The van der Waals surface area contributed by atoms with E-state index in [0.717, 1.165) is 38.0 Å². The molecule has 0 unspecified atom stereocenters. The smallest absolute Gasteiger partial charge is 0.255 e. The van der Waals surface area contributed by atoms with Gasteiger partial charge in [0.2, 0.25) is 0 Å². The van der Waals surface area contributed by atoms with Crippen LogP contribution in [0.3, 0.4) is 0 Å².